The van der Waals surface area contributed by atoms with Crippen molar-refractivity contribution in [2.75, 3.05) is 0 Å². The molecular formula is C2H2NS4-. The minimum absolute atomic E-state index is 0.139. The first-order chi connectivity index (χ1) is 3.21. The Labute approximate surface area is 62.5 Å². The van der Waals surface area contributed by atoms with Crippen LogP contribution in [-0.4, -0.2) is 2.10 Å². The van der Waals surface area contributed by atoms with Crippen LogP contribution in [0.15, 0.2) is 10.8 Å². The second-order valence-electron chi connectivity index (χ2n) is 0.930. The van der Waals surface area contributed by atoms with Crippen molar-refractivity contribution < 1.29 is 2.10 Å². The van der Waals surface area contributed by atoms with E-state index in [1.807, 2.05) is 10.8 Å². The van der Waals surface area contributed by atoms with Gasteiger partial charge < -0.3 is 27.7 Å². The number of hydrogen-bond donors (Lipinski definition) is 0. The van der Waals surface area contributed by atoms with E-state index >= 15 is 0 Å². The first kappa shape index (κ1) is 6.22. The van der Waals surface area contributed by atoms with Gasteiger partial charge in [-0.3, -0.25) is 0 Å². The molecule has 0 N–H and O–H groups in total. The predicted octanol–water partition coefficient (Wildman–Crippen LogP) is 1.51. The van der Waals surface area contributed by atoms with E-state index in [0.29, 0.717) is 0 Å². The Morgan fingerprint density at radius 1 is 1.14 bits per heavy atom. The highest BCUT2D eigenvalue weighted by molar-refractivity contribution is 8.21. The maximum atomic E-state index is 4.82. The van der Waals surface area contributed by atoms with E-state index in [-0.39, 0.29) is 2.10 Å². The lowest BCUT2D eigenvalue weighted by Gasteiger charge is -2.39. The Kier molecular flexibility index (Phi) is 1.91. The number of hydrogen-bond acceptors (Lipinski definition) is 4. The molecule has 40 valence electrons. The Bertz CT molecular complexity index is 87.9. The smallest absolute Gasteiger partial charge is 0.0786 e. The quantitative estimate of drug-likeness (QED) is 0.305. The Balaban J connectivity index is 2.49. The minimum Gasteiger partial charge on any atom is -0.487 e. The summed E-state index contributed by atoms with van der Waals surface area (Å²) >= 11 is 12.5. The standard InChI is InChI=1S/C2H2NS4/c4-3(5)6-1-2-7-3/h1-2H/q-1. The van der Waals surface area contributed by atoms with Gasteiger partial charge in [0.05, 0.1) is 23.9 Å². The van der Waals surface area contributed by atoms with Crippen molar-refractivity contribution in [3.63, 3.8) is 0 Å². The predicted molar refractivity (Wildman–Crippen MR) is 39.3 cm³/mol. The van der Waals surface area contributed by atoms with Crippen LogP contribution in [0.2, 0.25) is 0 Å². The van der Waals surface area contributed by atoms with Crippen LogP contribution in [0.1, 0.15) is 0 Å². The molecule has 0 unspecified atom stereocenters. The number of rotatable bonds is 0. The van der Waals surface area contributed by atoms with Crippen LogP contribution >= 0.6 is 23.9 Å². The van der Waals surface area contributed by atoms with E-state index in [1.165, 1.54) is 23.9 Å². The van der Waals surface area contributed by atoms with E-state index in [2.05, 4.69) is 0 Å². The highest BCUT2D eigenvalue weighted by Gasteiger charge is 2.05. The molecule has 1 nitrogen and oxygen atoms in total. The molecule has 0 bridgehead atoms. The average Bonchev–Trinajstić information content (AvgIpc) is 1.84. The lowest BCUT2D eigenvalue weighted by molar-refractivity contribution is -0.264. The van der Waals surface area contributed by atoms with Crippen molar-refractivity contribution in [1.29, 1.82) is 0 Å². The van der Waals surface area contributed by atoms with Crippen molar-refractivity contribution in [2.24, 2.45) is 0 Å². The van der Waals surface area contributed by atoms with Crippen molar-refractivity contribution in [2.45, 2.75) is 0 Å². The Hall–Kier alpha value is 1.10. The third kappa shape index (κ3) is 1.81. The molecule has 0 amide bonds. The molecule has 0 saturated heterocycles. The SMILES string of the molecule is [S-][N+]1([S-])SC=CS1. The molecule has 7 heavy (non-hydrogen) atoms. The van der Waals surface area contributed by atoms with Gasteiger partial charge in [0.2, 0.25) is 0 Å². The zero-order valence-corrected chi connectivity index (χ0v) is 6.50. The molecule has 0 aromatic rings. The van der Waals surface area contributed by atoms with Crippen LogP contribution in [0.3, 0.4) is 0 Å². The topological polar surface area (TPSA) is 0 Å². The molecular weight excluding hydrogens is 166 g/mol. The molecule has 0 aromatic heterocycles. The third-order valence-electron chi connectivity index (χ3n) is 0.435. The second-order valence-corrected chi connectivity index (χ2v) is 5.47. The molecule has 0 spiro atoms. The zero-order chi connectivity index (χ0) is 5.33. The normalized spacial score (nSPS) is 26.0. The summed E-state index contributed by atoms with van der Waals surface area (Å²) in [5, 5.41) is 3.81. The van der Waals surface area contributed by atoms with Crippen molar-refractivity contribution in [3.05, 3.63) is 10.8 Å². The first-order valence-corrected chi connectivity index (χ1v) is 3.94. The lowest BCUT2D eigenvalue weighted by atomic mass is 11.3. The van der Waals surface area contributed by atoms with E-state index in [0.717, 1.165) is 0 Å². The highest BCUT2D eigenvalue weighted by Crippen LogP contribution is 2.38. The fourth-order valence-electron chi connectivity index (χ4n) is 0.224. The van der Waals surface area contributed by atoms with Crippen molar-refractivity contribution in [1.82, 2.24) is 0 Å². The molecule has 1 heterocycles. The van der Waals surface area contributed by atoms with Crippen LogP contribution in [0, 0.1) is 0 Å². The van der Waals surface area contributed by atoms with E-state index in [4.69, 9.17) is 25.6 Å². The van der Waals surface area contributed by atoms with Crippen molar-refractivity contribution >= 4 is 49.5 Å². The van der Waals surface area contributed by atoms with Gasteiger partial charge in [0.15, 0.2) is 0 Å². The third-order valence-corrected chi connectivity index (χ3v) is 3.19. The van der Waals surface area contributed by atoms with Crippen molar-refractivity contribution in [3.8, 4) is 0 Å². The fraction of sp³-hybridized carbons (Fsp3) is 0. The summed E-state index contributed by atoms with van der Waals surface area (Å²) in [6.45, 7) is 0. The Morgan fingerprint density at radius 3 is 1.71 bits per heavy atom. The lowest BCUT2D eigenvalue weighted by Crippen LogP contribution is -2.11. The molecule has 0 aromatic carbocycles. The van der Waals surface area contributed by atoms with E-state index in [1.54, 1.807) is 0 Å². The average molecular weight is 168 g/mol. The van der Waals surface area contributed by atoms with E-state index in [9.17, 15) is 0 Å². The van der Waals surface area contributed by atoms with Gasteiger partial charge in [-0.1, -0.05) is 0 Å². The highest BCUT2D eigenvalue weighted by atomic mass is 32.3. The molecule has 1 rings (SSSR count). The Morgan fingerprint density at radius 2 is 1.57 bits per heavy atom. The molecule has 0 radical (unpaired) electrons. The summed E-state index contributed by atoms with van der Waals surface area (Å²) in [7, 11) is 0. The van der Waals surface area contributed by atoms with Gasteiger partial charge in [-0.2, -0.15) is 0 Å². The minimum atomic E-state index is 0.139. The van der Waals surface area contributed by atoms with Crippen LogP contribution < -0.4 is 0 Å². The fourth-order valence-corrected chi connectivity index (χ4v) is 2.01. The summed E-state index contributed by atoms with van der Waals surface area (Å²) in [6, 6.07) is 0. The summed E-state index contributed by atoms with van der Waals surface area (Å²) in [6.07, 6.45) is 0. The maximum absolute atomic E-state index is 4.82. The molecule has 1 aliphatic heterocycles. The first-order valence-electron chi connectivity index (χ1n) is 1.54. The largest absolute Gasteiger partial charge is 0.487 e. The van der Waals surface area contributed by atoms with Gasteiger partial charge in [0.1, 0.15) is 0 Å². The summed E-state index contributed by atoms with van der Waals surface area (Å²) in [5.41, 5.74) is 0. The summed E-state index contributed by atoms with van der Waals surface area (Å²) in [4.78, 5) is 0. The van der Waals surface area contributed by atoms with Gasteiger partial charge >= 0.3 is 0 Å². The molecule has 0 atom stereocenters. The van der Waals surface area contributed by atoms with Crippen LogP contribution in [0.25, 0.3) is 0 Å². The molecule has 5 heteroatoms. The zero-order valence-electron chi connectivity index (χ0n) is 3.23. The second kappa shape index (κ2) is 2.14. The number of quaternary nitrogens is 1. The summed E-state index contributed by atoms with van der Waals surface area (Å²) < 4.78 is 0.139. The van der Waals surface area contributed by atoms with Crippen LogP contribution in [0.5, 0.6) is 0 Å². The van der Waals surface area contributed by atoms with Crippen LogP contribution in [0.4, 0.5) is 0 Å². The van der Waals surface area contributed by atoms with E-state index < -0.39 is 0 Å². The van der Waals surface area contributed by atoms with Gasteiger partial charge in [-0.05, 0) is 0 Å². The molecule has 1 aliphatic rings. The van der Waals surface area contributed by atoms with Gasteiger partial charge in [-0.15, -0.1) is 0 Å². The number of nitrogens with zero attached hydrogens (tertiary/aromatic N) is 1. The van der Waals surface area contributed by atoms with Gasteiger partial charge in [0.25, 0.3) is 0 Å². The molecule has 0 aliphatic carbocycles. The van der Waals surface area contributed by atoms with Gasteiger partial charge in [-0.25, -0.2) is 0 Å². The van der Waals surface area contributed by atoms with Gasteiger partial charge in [0, 0.05) is 10.8 Å². The molecule has 0 fully saturated rings. The monoisotopic (exact) mass is 168 g/mol. The molecule has 0 saturated carbocycles. The van der Waals surface area contributed by atoms with Crippen LogP contribution in [-0.2, 0) is 25.6 Å². The maximum Gasteiger partial charge on any atom is 0.0786 e. The summed E-state index contributed by atoms with van der Waals surface area (Å²) in [5.74, 6) is 0.